The molecular formula is C11H18BrN3O2. The molecule has 1 aromatic rings. The number of aliphatic hydroxyl groups is 1. The number of hydrogen-bond donors (Lipinski definition) is 2. The Morgan fingerprint density at radius 1 is 1.59 bits per heavy atom. The molecular weight excluding hydrogens is 286 g/mol. The van der Waals surface area contributed by atoms with Gasteiger partial charge in [0.15, 0.2) is 0 Å². The van der Waals surface area contributed by atoms with Gasteiger partial charge in [0, 0.05) is 19.7 Å². The topological polar surface area (TPSA) is 67.2 Å². The van der Waals surface area contributed by atoms with Crippen LogP contribution >= 0.6 is 15.9 Å². The summed E-state index contributed by atoms with van der Waals surface area (Å²) in [5, 5.41) is 16.2. The van der Waals surface area contributed by atoms with Crippen molar-refractivity contribution in [2.45, 2.75) is 26.3 Å². The normalized spacial score (nSPS) is 12.8. The van der Waals surface area contributed by atoms with Crippen molar-refractivity contribution in [3.8, 4) is 0 Å². The van der Waals surface area contributed by atoms with E-state index in [2.05, 4.69) is 40.2 Å². The molecule has 0 amide bonds. The molecule has 0 saturated heterocycles. The predicted molar refractivity (Wildman–Crippen MR) is 71.1 cm³/mol. The minimum Gasteiger partial charge on any atom is -0.396 e. The molecule has 0 bridgehead atoms. The van der Waals surface area contributed by atoms with Crippen LogP contribution < -0.4 is 10.9 Å². The van der Waals surface area contributed by atoms with Crippen molar-refractivity contribution < 1.29 is 5.11 Å². The summed E-state index contributed by atoms with van der Waals surface area (Å²) >= 11 is 3.26. The number of rotatable bonds is 5. The molecule has 0 fully saturated rings. The van der Waals surface area contributed by atoms with Crippen molar-refractivity contribution in [3.05, 3.63) is 21.0 Å². The second-order valence-electron chi connectivity index (χ2n) is 4.31. The Morgan fingerprint density at radius 3 is 2.76 bits per heavy atom. The van der Waals surface area contributed by atoms with Gasteiger partial charge in [0.25, 0.3) is 5.56 Å². The third kappa shape index (κ3) is 3.54. The number of aromatic nitrogens is 2. The van der Waals surface area contributed by atoms with E-state index < -0.39 is 0 Å². The molecule has 0 spiro atoms. The standard InChI is InChI=1S/C11H18BrN3O2/c1-7(2)8(4-5-16)14-9-6-13-15(3)11(17)10(9)12/h6-8,14,16H,4-5H2,1-3H3. The maximum Gasteiger partial charge on any atom is 0.282 e. The molecule has 2 N–H and O–H groups in total. The van der Waals surface area contributed by atoms with Crippen molar-refractivity contribution in [2.75, 3.05) is 11.9 Å². The molecule has 0 radical (unpaired) electrons. The van der Waals surface area contributed by atoms with E-state index in [0.29, 0.717) is 22.5 Å². The molecule has 0 aliphatic carbocycles. The zero-order valence-electron chi connectivity index (χ0n) is 10.3. The fraction of sp³-hybridized carbons (Fsp3) is 0.636. The highest BCUT2D eigenvalue weighted by Crippen LogP contribution is 2.20. The minimum atomic E-state index is -0.179. The molecule has 0 saturated carbocycles. The average Bonchev–Trinajstić information content (AvgIpc) is 2.28. The van der Waals surface area contributed by atoms with Gasteiger partial charge in [0.2, 0.25) is 0 Å². The summed E-state index contributed by atoms with van der Waals surface area (Å²) in [4.78, 5) is 11.7. The number of aryl methyl sites for hydroxylation is 1. The van der Waals surface area contributed by atoms with Gasteiger partial charge in [-0.15, -0.1) is 0 Å². The zero-order valence-corrected chi connectivity index (χ0v) is 11.9. The number of nitrogens with zero attached hydrogens (tertiary/aromatic N) is 2. The maximum atomic E-state index is 11.7. The van der Waals surface area contributed by atoms with Crippen LogP contribution in [-0.2, 0) is 7.05 Å². The number of halogens is 1. The van der Waals surface area contributed by atoms with E-state index in [-0.39, 0.29) is 18.2 Å². The Hall–Kier alpha value is -0.880. The molecule has 1 aromatic heterocycles. The van der Waals surface area contributed by atoms with E-state index in [9.17, 15) is 4.79 Å². The Kier molecular flexibility index (Phi) is 5.14. The van der Waals surface area contributed by atoms with Crippen molar-refractivity contribution in [1.82, 2.24) is 9.78 Å². The van der Waals surface area contributed by atoms with E-state index in [1.165, 1.54) is 4.68 Å². The second-order valence-corrected chi connectivity index (χ2v) is 5.10. The Balaban J connectivity index is 2.94. The van der Waals surface area contributed by atoms with E-state index in [1.807, 2.05) is 0 Å². The van der Waals surface area contributed by atoms with Gasteiger partial charge in [-0.25, -0.2) is 4.68 Å². The first kappa shape index (κ1) is 14.2. The van der Waals surface area contributed by atoms with Gasteiger partial charge in [0.1, 0.15) is 4.47 Å². The molecule has 0 aliphatic rings. The lowest BCUT2D eigenvalue weighted by Crippen LogP contribution is -2.29. The second kappa shape index (κ2) is 6.16. The van der Waals surface area contributed by atoms with Crippen molar-refractivity contribution in [1.29, 1.82) is 0 Å². The highest BCUT2D eigenvalue weighted by atomic mass is 79.9. The first-order valence-corrected chi connectivity index (χ1v) is 6.35. The van der Waals surface area contributed by atoms with Gasteiger partial charge in [-0.2, -0.15) is 5.10 Å². The summed E-state index contributed by atoms with van der Waals surface area (Å²) in [7, 11) is 1.60. The van der Waals surface area contributed by atoms with Crippen LogP contribution in [-0.4, -0.2) is 27.5 Å². The van der Waals surface area contributed by atoms with Crippen LogP contribution in [0.4, 0.5) is 5.69 Å². The average molecular weight is 304 g/mol. The number of aliphatic hydroxyl groups excluding tert-OH is 1. The van der Waals surface area contributed by atoms with Gasteiger partial charge in [-0.1, -0.05) is 13.8 Å². The molecule has 17 heavy (non-hydrogen) atoms. The monoisotopic (exact) mass is 303 g/mol. The fourth-order valence-electron chi connectivity index (χ4n) is 1.52. The van der Waals surface area contributed by atoms with Crippen molar-refractivity contribution in [2.24, 2.45) is 13.0 Å². The fourth-order valence-corrected chi connectivity index (χ4v) is 2.00. The van der Waals surface area contributed by atoms with Gasteiger partial charge in [-0.3, -0.25) is 4.79 Å². The summed E-state index contributed by atoms with van der Waals surface area (Å²) in [5.41, 5.74) is 0.488. The Labute approximate surface area is 109 Å². The molecule has 96 valence electrons. The highest BCUT2D eigenvalue weighted by Gasteiger charge is 2.15. The van der Waals surface area contributed by atoms with Gasteiger partial charge in [-0.05, 0) is 28.3 Å². The first-order valence-electron chi connectivity index (χ1n) is 5.56. The molecule has 1 atom stereocenters. The smallest absolute Gasteiger partial charge is 0.282 e. The van der Waals surface area contributed by atoms with Crippen LogP contribution in [0.2, 0.25) is 0 Å². The molecule has 0 aliphatic heterocycles. The lowest BCUT2D eigenvalue weighted by molar-refractivity contribution is 0.267. The molecule has 6 heteroatoms. The molecule has 1 unspecified atom stereocenters. The Bertz CT molecular complexity index is 431. The van der Waals surface area contributed by atoms with Crippen molar-refractivity contribution in [3.63, 3.8) is 0 Å². The SMILES string of the molecule is CC(C)C(CCO)Nc1cnn(C)c(=O)c1Br. The number of anilines is 1. The summed E-state index contributed by atoms with van der Waals surface area (Å²) < 4.78 is 1.74. The van der Waals surface area contributed by atoms with E-state index in [0.717, 1.165) is 0 Å². The highest BCUT2D eigenvalue weighted by molar-refractivity contribution is 9.10. The lowest BCUT2D eigenvalue weighted by Gasteiger charge is -2.23. The third-order valence-corrected chi connectivity index (χ3v) is 3.43. The van der Waals surface area contributed by atoms with E-state index >= 15 is 0 Å². The van der Waals surface area contributed by atoms with Crippen LogP contribution in [0.25, 0.3) is 0 Å². The molecule has 0 aromatic carbocycles. The van der Waals surface area contributed by atoms with Gasteiger partial charge < -0.3 is 10.4 Å². The van der Waals surface area contributed by atoms with Crippen LogP contribution in [0.15, 0.2) is 15.5 Å². The number of hydrogen-bond acceptors (Lipinski definition) is 4. The van der Waals surface area contributed by atoms with Crippen LogP contribution in [0, 0.1) is 5.92 Å². The van der Waals surface area contributed by atoms with Crippen LogP contribution in [0.3, 0.4) is 0 Å². The summed E-state index contributed by atoms with van der Waals surface area (Å²) in [5.74, 6) is 0.359. The first-order chi connectivity index (χ1) is 7.97. The van der Waals surface area contributed by atoms with Crippen LogP contribution in [0.5, 0.6) is 0 Å². The molecule has 1 heterocycles. The number of nitrogens with one attached hydrogen (secondary N) is 1. The summed E-state index contributed by atoms with van der Waals surface area (Å²) in [6.45, 7) is 4.25. The zero-order chi connectivity index (χ0) is 13.0. The van der Waals surface area contributed by atoms with E-state index in [1.54, 1.807) is 13.2 Å². The predicted octanol–water partition coefficient (Wildman–Crippen LogP) is 1.36. The van der Waals surface area contributed by atoms with Gasteiger partial charge in [0.05, 0.1) is 11.9 Å². The largest absolute Gasteiger partial charge is 0.396 e. The van der Waals surface area contributed by atoms with E-state index in [4.69, 9.17) is 5.11 Å². The summed E-state index contributed by atoms with van der Waals surface area (Å²) in [6.07, 6.45) is 2.25. The summed E-state index contributed by atoms with van der Waals surface area (Å²) in [6, 6.07) is 0.116. The van der Waals surface area contributed by atoms with Gasteiger partial charge >= 0.3 is 0 Å². The van der Waals surface area contributed by atoms with Crippen LogP contribution in [0.1, 0.15) is 20.3 Å². The molecule has 5 nitrogen and oxygen atoms in total. The lowest BCUT2D eigenvalue weighted by atomic mass is 10.0. The van der Waals surface area contributed by atoms with Crippen molar-refractivity contribution >= 4 is 21.6 Å². The quantitative estimate of drug-likeness (QED) is 0.862. The third-order valence-electron chi connectivity index (χ3n) is 2.66. The maximum absolute atomic E-state index is 11.7. The Morgan fingerprint density at radius 2 is 2.24 bits per heavy atom. The minimum absolute atomic E-state index is 0.116. The molecule has 1 rings (SSSR count).